The summed E-state index contributed by atoms with van der Waals surface area (Å²) in [5, 5.41) is 20.7. The zero-order valence-corrected chi connectivity index (χ0v) is 14.1. The Balaban J connectivity index is 1.99. The van der Waals surface area contributed by atoms with Crippen LogP contribution in [0, 0.1) is 0 Å². The van der Waals surface area contributed by atoms with Crippen molar-refractivity contribution in [2.75, 3.05) is 0 Å². The molecule has 6 heteroatoms. The fourth-order valence-corrected chi connectivity index (χ4v) is 2.92. The molecule has 134 valence electrons. The molecular weight excluding hydrogens is 298 g/mol. The Morgan fingerprint density at radius 2 is 1.70 bits per heavy atom. The van der Waals surface area contributed by atoms with Crippen molar-refractivity contribution in [2.45, 2.75) is 95.8 Å². The van der Waals surface area contributed by atoms with E-state index >= 15 is 0 Å². The minimum atomic E-state index is -1.25. The highest BCUT2D eigenvalue weighted by atomic mass is 16.6. The SMILES string of the molecule is CCCCCCCCCCC[C@@H](O)CC1OC(=O)C1NC(=O)O. The summed E-state index contributed by atoms with van der Waals surface area (Å²) in [5.41, 5.74) is 0. The van der Waals surface area contributed by atoms with Gasteiger partial charge in [0.15, 0.2) is 6.04 Å². The molecule has 6 nitrogen and oxygen atoms in total. The third-order valence-corrected chi connectivity index (χ3v) is 4.32. The first kappa shape index (κ1) is 19.7. The number of amides is 1. The second kappa shape index (κ2) is 11.3. The highest BCUT2D eigenvalue weighted by Crippen LogP contribution is 2.22. The van der Waals surface area contributed by atoms with Crippen LogP contribution in [-0.4, -0.2) is 40.5 Å². The van der Waals surface area contributed by atoms with Crippen molar-refractivity contribution in [3.63, 3.8) is 0 Å². The van der Waals surface area contributed by atoms with Gasteiger partial charge in [0.1, 0.15) is 6.10 Å². The van der Waals surface area contributed by atoms with Crippen molar-refractivity contribution < 1.29 is 24.5 Å². The summed E-state index contributed by atoms with van der Waals surface area (Å²) in [7, 11) is 0. The number of cyclic esters (lactones) is 1. The molecule has 1 aliphatic rings. The molecule has 1 heterocycles. The number of carboxylic acid groups (broad SMARTS) is 1. The van der Waals surface area contributed by atoms with Gasteiger partial charge in [-0.2, -0.15) is 0 Å². The molecule has 1 fully saturated rings. The van der Waals surface area contributed by atoms with Crippen LogP contribution in [-0.2, 0) is 9.53 Å². The summed E-state index contributed by atoms with van der Waals surface area (Å²) in [5.74, 6) is -0.562. The monoisotopic (exact) mass is 329 g/mol. The molecule has 0 aromatic heterocycles. The molecule has 1 rings (SSSR count). The van der Waals surface area contributed by atoms with Crippen molar-refractivity contribution >= 4 is 12.1 Å². The Morgan fingerprint density at radius 1 is 1.13 bits per heavy atom. The Labute approximate surface area is 138 Å². The normalized spacial score (nSPS) is 21.4. The van der Waals surface area contributed by atoms with Crippen molar-refractivity contribution in [1.29, 1.82) is 0 Å². The van der Waals surface area contributed by atoms with Crippen LogP contribution in [0.15, 0.2) is 0 Å². The quantitative estimate of drug-likeness (QED) is 0.356. The van der Waals surface area contributed by atoms with Crippen molar-refractivity contribution in [2.24, 2.45) is 0 Å². The molecular formula is C17H31NO5. The van der Waals surface area contributed by atoms with Crippen LogP contribution >= 0.6 is 0 Å². The summed E-state index contributed by atoms with van der Waals surface area (Å²) in [6.45, 7) is 2.22. The molecule has 0 saturated carbocycles. The second-order valence-corrected chi connectivity index (χ2v) is 6.41. The van der Waals surface area contributed by atoms with E-state index in [4.69, 9.17) is 9.84 Å². The number of nitrogens with one attached hydrogen (secondary N) is 1. The molecule has 1 aliphatic heterocycles. The van der Waals surface area contributed by atoms with Crippen molar-refractivity contribution in [3.05, 3.63) is 0 Å². The highest BCUT2D eigenvalue weighted by molar-refractivity contribution is 5.85. The number of hydrogen-bond donors (Lipinski definition) is 3. The lowest BCUT2D eigenvalue weighted by Gasteiger charge is -2.35. The lowest BCUT2D eigenvalue weighted by atomic mass is 9.96. The third-order valence-electron chi connectivity index (χ3n) is 4.32. The summed E-state index contributed by atoms with van der Waals surface area (Å²) in [6, 6.07) is -0.828. The van der Waals surface area contributed by atoms with Crippen molar-refractivity contribution in [3.8, 4) is 0 Å². The topological polar surface area (TPSA) is 95.9 Å². The highest BCUT2D eigenvalue weighted by Gasteiger charge is 2.44. The van der Waals surface area contributed by atoms with E-state index in [0.717, 1.165) is 12.8 Å². The van der Waals surface area contributed by atoms with Crippen LogP contribution in [0.5, 0.6) is 0 Å². The first-order valence-electron chi connectivity index (χ1n) is 8.92. The summed E-state index contributed by atoms with van der Waals surface area (Å²) >= 11 is 0. The molecule has 2 unspecified atom stereocenters. The molecule has 0 bridgehead atoms. The molecule has 0 aromatic carbocycles. The van der Waals surface area contributed by atoms with E-state index in [9.17, 15) is 14.7 Å². The predicted octanol–water partition coefficient (Wildman–Crippen LogP) is 3.22. The van der Waals surface area contributed by atoms with Crippen LogP contribution in [0.25, 0.3) is 0 Å². The minimum absolute atomic E-state index is 0.299. The molecule has 23 heavy (non-hydrogen) atoms. The maximum absolute atomic E-state index is 11.2. The van der Waals surface area contributed by atoms with Crippen LogP contribution in [0.2, 0.25) is 0 Å². The molecule has 0 aliphatic carbocycles. The largest absolute Gasteiger partial charge is 0.465 e. The van der Waals surface area contributed by atoms with E-state index in [1.165, 1.54) is 44.9 Å². The summed E-state index contributed by atoms with van der Waals surface area (Å²) < 4.78 is 4.89. The van der Waals surface area contributed by atoms with Gasteiger partial charge in [0, 0.05) is 6.42 Å². The Morgan fingerprint density at radius 3 is 2.22 bits per heavy atom. The van der Waals surface area contributed by atoms with E-state index in [1.807, 2.05) is 0 Å². The molecule has 0 spiro atoms. The number of carbonyl (C=O) groups is 2. The van der Waals surface area contributed by atoms with Gasteiger partial charge in [-0.25, -0.2) is 9.59 Å². The maximum Gasteiger partial charge on any atom is 0.405 e. The zero-order valence-electron chi connectivity index (χ0n) is 14.1. The number of esters is 1. The lowest BCUT2D eigenvalue weighted by molar-refractivity contribution is -0.179. The van der Waals surface area contributed by atoms with Crippen LogP contribution in [0.4, 0.5) is 4.79 Å². The van der Waals surface area contributed by atoms with Gasteiger partial charge < -0.3 is 20.3 Å². The maximum atomic E-state index is 11.2. The van der Waals surface area contributed by atoms with Crippen LogP contribution < -0.4 is 5.32 Å². The van der Waals surface area contributed by atoms with Gasteiger partial charge in [0.25, 0.3) is 0 Å². The molecule has 1 amide bonds. The Hall–Kier alpha value is -1.30. The number of hydrogen-bond acceptors (Lipinski definition) is 4. The van der Waals surface area contributed by atoms with Crippen LogP contribution in [0.1, 0.15) is 77.6 Å². The second-order valence-electron chi connectivity index (χ2n) is 6.41. The molecule has 3 N–H and O–H groups in total. The Bertz CT molecular complexity index is 361. The minimum Gasteiger partial charge on any atom is -0.465 e. The van der Waals surface area contributed by atoms with Gasteiger partial charge >= 0.3 is 12.1 Å². The smallest absolute Gasteiger partial charge is 0.405 e. The number of carbonyl (C=O) groups excluding carboxylic acids is 1. The zero-order chi connectivity index (χ0) is 17.1. The van der Waals surface area contributed by atoms with Gasteiger partial charge in [0.2, 0.25) is 0 Å². The molecule has 0 radical (unpaired) electrons. The first-order valence-corrected chi connectivity index (χ1v) is 8.92. The van der Waals surface area contributed by atoms with E-state index in [1.54, 1.807) is 0 Å². The first-order chi connectivity index (χ1) is 11.0. The van der Waals surface area contributed by atoms with Gasteiger partial charge in [0.05, 0.1) is 6.10 Å². The van der Waals surface area contributed by atoms with Gasteiger partial charge in [-0.3, -0.25) is 0 Å². The number of unbranched alkanes of at least 4 members (excludes halogenated alkanes) is 8. The Kier molecular flexibility index (Phi) is 9.67. The van der Waals surface area contributed by atoms with E-state index < -0.39 is 30.3 Å². The fraction of sp³-hybridized carbons (Fsp3) is 0.882. The number of rotatable bonds is 13. The molecule has 3 atom stereocenters. The molecule has 1 saturated heterocycles. The number of aliphatic hydroxyl groups excluding tert-OH is 1. The number of ether oxygens (including phenoxy) is 1. The van der Waals surface area contributed by atoms with Crippen LogP contribution in [0.3, 0.4) is 0 Å². The predicted molar refractivity (Wildman–Crippen MR) is 87.3 cm³/mol. The van der Waals surface area contributed by atoms with Crippen molar-refractivity contribution in [1.82, 2.24) is 5.32 Å². The summed E-state index contributed by atoms with van der Waals surface area (Å²) in [6.07, 6.45) is 9.70. The van der Waals surface area contributed by atoms with E-state index in [-0.39, 0.29) is 0 Å². The van der Waals surface area contributed by atoms with Gasteiger partial charge in [-0.1, -0.05) is 64.7 Å². The fourth-order valence-electron chi connectivity index (χ4n) is 2.92. The van der Waals surface area contributed by atoms with Gasteiger partial charge in [-0.05, 0) is 6.42 Å². The lowest BCUT2D eigenvalue weighted by Crippen LogP contribution is -2.60. The van der Waals surface area contributed by atoms with E-state index in [0.29, 0.717) is 12.8 Å². The third kappa shape index (κ3) is 8.21. The molecule has 0 aromatic rings. The standard InChI is InChI=1S/C17H31NO5/c1-2-3-4-5-6-7-8-9-10-11-13(19)12-14-15(16(20)23-14)18-17(21)22/h13-15,18-19H,2-12H2,1H3,(H,21,22)/t13-,14?,15?/m1/s1. The summed E-state index contributed by atoms with van der Waals surface area (Å²) in [4.78, 5) is 21.7. The average Bonchev–Trinajstić information content (AvgIpc) is 2.50. The average molecular weight is 329 g/mol. The number of aliphatic hydroxyl groups is 1. The van der Waals surface area contributed by atoms with Gasteiger partial charge in [-0.15, -0.1) is 0 Å². The van der Waals surface area contributed by atoms with E-state index in [2.05, 4.69) is 12.2 Å².